The molecule has 1 atom stereocenters. The summed E-state index contributed by atoms with van der Waals surface area (Å²) in [6.45, 7) is -0.136. The number of ether oxygens (including phenoxy) is 1. The van der Waals surface area contributed by atoms with Crippen LogP contribution in [0.5, 0.6) is 0 Å². The lowest BCUT2D eigenvalue weighted by Gasteiger charge is -2.27. The fourth-order valence-corrected chi connectivity index (χ4v) is 1.93. The number of cyclic esters (lactones) is 1. The minimum atomic E-state index is -4.59. The summed E-state index contributed by atoms with van der Waals surface area (Å²) in [7, 11) is 0. The van der Waals surface area contributed by atoms with Crippen LogP contribution in [0.25, 0.3) is 0 Å². The number of amides is 1. The van der Waals surface area contributed by atoms with Crippen molar-refractivity contribution in [2.45, 2.75) is 12.2 Å². The summed E-state index contributed by atoms with van der Waals surface area (Å²) < 4.78 is 44.2. The Kier molecular flexibility index (Phi) is 3.47. The third-order valence-electron chi connectivity index (χ3n) is 2.44. The van der Waals surface area contributed by atoms with Gasteiger partial charge in [0.1, 0.15) is 6.61 Å². The second kappa shape index (κ2) is 4.75. The Labute approximate surface area is 109 Å². The first-order valence-corrected chi connectivity index (χ1v) is 5.80. The highest BCUT2D eigenvalue weighted by molar-refractivity contribution is 9.10. The van der Waals surface area contributed by atoms with E-state index in [2.05, 4.69) is 25.7 Å². The van der Waals surface area contributed by atoms with E-state index >= 15 is 0 Å². The lowest BCUT2D eigenvalue weighted by Crippen LogP contribution is -2.39. The third kappa shape index (κ3) is 2.58. The molecule has 1 aromatic heterocycles. The molecule has 0 aromatic carbocycles. The molecule has 18 heavy (non-hydrogen) atoms. The minimum absolute atomic E-state index is 0.0397. The lowest BCUT2D eigenvalue weighted by atomic mass is 10.1. The van der Waals surface area contributed by atoms with Gasteiger partial charge in [0, 0.05) is 10.7 Å². The minimum Gasteiger partial charge on any atom is -0.448 e. The summed E-state index contributed by atoms with van der Waals surface area (Å²) >= 11 is 3.09. The molecule has 0 bridgehead atoms. The molecular formula is C10H8BrF3N2O2. The van der Waals surface area contributed by atoms with Crippen molar-refractivity contribution in [2.24, 2.45) is 0 Å². The number of aromatic nitrogens is 1. The third-order valence-corrected chi connectivity index (χ3v) is 2.91. The fourth-order valence-electron chi connectivity index (χ4n) is 1.69. The number of pyridine rings is 1. The molecule has 1 aliphatic heterocycles. The van der Waals surface area contributed by atoms with Gasteiger partial charge in [-0.2, -0.15) is 13.2 Å². The van der Waals surface area contributed by atoms with Gasteiger partial charge in [-0.05, 0) is 28.1 Å². The van der Waals surface area contributed by atoms with Crippen LogP contribution in [0.1, 0.15) is 11.7 Å². The van der Waals surface area contributed by atoms with Gasteiger partial charge in [-0.3, -0.25) is 9.88 Å². The molecule has 1 aromatic rings. The number of carbonyl (C=O) groups excluding carboxylic acids is 1. The Balaban J connectivity index is 2.37. The molecular weight excluding hydrogens is 317 g/mol. The first-order chi connectivity index (χ1) is 8.39. The quantitative estimate of drug-likeness (QED) is 0.840. The summed E-state index contributed by atoms with van der Waals surface area (Å²) in [5.74, 6) is 0. The van der Waals surface area contributed by atoms with Gasteiger partial charge < -0.3 is 4.74 Å². The SMILES string of the molecule is O=C1OCCN1C(c1ccc(Br)cn1)C(F)(F)F. The topological polar surface area (TPSA) is 42.4 Å². The zero-order chi connectivity index (χ0) is 13.3. The van der Waals surface area contributed by atoms with Crippen LogP contribution in [0.2, 0.25) is 0 Å². The van der Waals surface area contributed by atoms with Gasteiger partial charge in [-0.25, -0.2) is 4.79 Å². The van der Waals surface area contributed by atoms with E-state index in [9.17, 15) is 18.0 Å². The van der Waals surface area contributed by atoms with Crippen LogP contribution in [0.15, 0.2) is 22.8 Å². The second-order valence-electron chi connectivity index (χ2n) is 3.65. The van der Waals surface area contributed by atoms with Gasteiger partial charge in [-0.1, -0.05) is 0 Å². The molecule has 1 unspecified atom stereocenters. The highest BCUT2D eigenvalue weighted by atomic mass is 79.9. The van der Waals surface area contributed by atoms with Gasteiger partial charge in [0.15, 0.2) is 6.04 Å². The predicted octanol–water partition coefficient (Wildman–Crippen LogP) is 2.90. The maximum absolute atomic E-state index is 13.0. The highest BCUT2D eigenvalue weighted by Crippen LogP contribution is 2.38. The fraction of sp³-hybridized carbons (Fsp3) is 0.400. The largest absolute Gasteiger partial charge is 0.448 e. The molecule has 98 valence electrons. The first kappa shape index (κ1) is 13.1. The average Bonchev–Trinajstić information content (AvgIpc) is 2.66. The summed E-state index contributed by atoms with van der Waals surface area (Å²) in [4.78, 5) is 15.6. The standard InChI is InChI=1S/C10H8BrF3N2O2/c11-6-1-2-7(15-5-6)8(10(12,13)14)16-3-4-18-9(16)17/h1-2,5,8H,3-4H2. The average molecular weight is 325 g/mol. The normalized spacial score (nSPS) is 17.8. The van der Waals surface area contributed by atoms with Crippen molar-refractivity contribution in [3.8, 4) is 0 Å². The number of alkyl halides is 3. The number of hydrogen-bond acceptors (Lipinski definition) is 3. The van der Waals surface area contributed by atoms with E-state index in [4.69, 9.17) is 0 Å². The lowest BCUT2D eigenvalue weighted by molar-refractivity contribution is -0.178. The van der Waals surface area contributed by atoms with E-state index in [-0.39, 0.29) is 18.8 Å². The van der Waals surface area contributed by atoms with Crippen molar-refractivity contribution >= 4 is 22.0 Å². The van der Waals surface area contributed by atoms with Crippen molar-refractivity contribution in [1.29, 1.82) is 0 Å². The molecule has 0 aliphatic carbocycles. The van der Waals surface area contributed by atoms with Crippen LogP contribution < -0.4 is 0 Å². The first-order valence-electron chi connectivity index (χ1n) is 5.01. The molecule has 1 saturated heterocycles. The van der Waals surface area contributed by atoms with Crippen molar-refractivity contribution in [2.75, 3.05) is 13.2 Å². The molecule has 8 heteroatoms. The van der Waals surface area contributed by atoms with Gasteiger partial charge in [-0.15, -0.1) is 0 Å². The summed E-state index contributed by atoms with van der Waals surface area (Å²) in [5.41, 5.74) is -0.232. The van der Waals surface area contributed by atoms with E-state index in [1.807, 2.05) is 0 Å². The number of rotatable bonds is 2. The van der Waals surface area contributed by atoms with Crippen LogP contribution in [-0.4, -0.2) is 35.3 Å². The summed E-state index contributed by atoms with van der Waals surface area (Å²) in [6, 6.07) is 0.608. The Hall–Kier alpha value is -1.31. The van der Waals surface area contributed by atoms with Gasteiger partial charge in [0.25, 0.3) is 0 Å². The van der Waals surface area contributed by atoms with Crippen molar-refractivity contribution in [1.82, 2.24) is 9.88 Å². The molecule has 0 radical (unpaired) electrons. The second-order valence-corrected chi connectivity index (χ2v) is 4.57. The van der Waals surface area contributed by atoms with Gasteiger partial charge >= 0.3 is 12.3 Å². The van der Waals surface area contributed by atoms with E-state index in [0.29, 0.717) is 9.37 Å². The highest BCUT2D eigenvalue weighted by Gasteiger charge is 2.49. The zero-order valence-electron chi connectivity index (χ0n) is 8.95. The Morgan fingerprint density at radius 1 is 1.44 bits per heavy atom. The van der Waals surface area contributed by atoms with Crippen molar-refractivity contribution in [3.05, 3.63) is 28.5 Å². The molecule has 2 rings (SSSR count). The number of carbonyl (C=O) groups is 1. The molecule has 1 fully saturated rings. The number of halogens is 4. The maximum Gasteiger partial charge on any atom is 0.414 e. The molecule has 1 aliphatic rings. The summed E-state index contributed by atoms with van der Waals surface area (Å²) in [5, 5.41) is 0. The molecule has 4 nitrogen and oxygen atoms in total. The summed E-state index contributed by atoms with van der Waals surface area (Å²) in [6.07, 6.45) is -4.30. The Bertz CT molecular complexity index is 449. The van der Waals surface area contributed by atoms with E-state index in [1.165, 1.54) is 18.3 Å². The van der Waals surface area contributed by atoms with Crippen molar-refractivity contribution in [3.63, 3.8) is 0 Å². The Morgan fingerprint density at radius 3 is 2.61 bits per heavy atom. The van der Waals surface area contributed by atoms with Gasteiger partial charge in [0.05, 0.1) is 12.2 Å². The molecule has 0 saturated carbocycles. The van der Waals surface area contributed by atoms with E-state index < -0.39 is 18.3 Å². The molecule has 1 amide bonds. The van der Waals surface area contributed by atoms with E-state index in [1.54, 1.807) is 0 Å². The van der Waals surface area contributed by atoms with E-state index in [0.717, 1.165) is 0 Å². The van der Waals surface area contributed by atoms with Crippen LogP contribution in [0.3, 0.4) is 0 Å². The molecule has 0 N–H and O–H groups in total. The van der Waals surface area contributed by atoms with Crippen molar-refractivity contribution < 1.29 is 22.7 Å². The van der Waals surface area contributed by atoms with Gasteiger partial charge in [0.2, 0.25) is 0 Å². The molecule has 0 spiro atoms. The maximum atomic E-state index is 13.0. The van der Waals surface area contributed by atoms with Crippen LogP contribution >= 0.6 is 15.9 Å². The van der Waals surface area contributed by atoms with Crippen LogP contribution in [-0.2, 0) is 4.74 Å². The monoisotopic (exact) mass is 324 g/mol. The molecule has 2 heterocycles. The predicted molar refractivity (Wildman–Crippen MR) is 58.8 cm³/mol. The van der Waals surface area contributed by atoms with Crippen LogP contribution in [0, 0.1) is 0 Å². The zero-order valence-corrected chi connectivity index (χ0v) is 10.5. The Morgan fingerprint density at radius 2 is 2.17 bits per heavy atom. The smallest absolute Gasteiger partial charge is 0.414 e. The number of nitrogens with zero attached hydrogens (tertiary/aromatic N) is 2. The number of hydrogen-bond donors (Lipinski definition) is 0. The van der Waals surface area contributed by atoms with Crippen LogP contribution in [0.4, 0.5) is 18.0 Å².